The van der Waals surface area contributed by atoms with Crippen molar-refractivity contribution in [2.24, 2.45) is 0 Å². The SMILES string of the molecule is O=C(CCl)N(Cc1ccc(Cl)cc1)Cc1ccc(C(F)(F)F)cc1. The molecule has 0 heterocycles. The van der Waals surface area contributed by atoms with Crippen LogP contribution in [0.3, 0.4) is 0 Å². The highest BCUT2D eigenvalue weighted by Crippen LogP contribution is 2.29. The summed E-state index contributed by atoms with van der Waals surface area (Å²) < 4.78 is 37.8. The molecule has 2 rings (SSSR count). The highest BCUT2D eigenvalue weighted by molar-refractivity contribution is 6.30. The van der Waals surface area contributed by atoms with Gasteiger partial charge in [-0.05, 0) is 35.4 Å². The van der Waals surface area contributed by atoms with E-state index in [9.17, 15) is 18.0 Å². The minimum Gasteiger partial charge on any atom is -0.333 e. The van der Waals surface area contributed by atoms with Crippen LogP contribution in [0.5, 0.6) is 0 Å². The van der Waals surface area contributed by atoms with Gasteiger partial charge in [0.15, 0.2) is 0 Å². The molecule has 0 unspecified atom stereocenters. The molecule has 0 aliphatic carbocycles. The summed E-state index contributed by atoms with van der Waals surface area (Å²) in [5.74, 6) is -0.500. The van der Waals surface area contributed by atoms with E-state index in [-0.39, 0.29) is 18.3 Å². The zero-order chi connectivity index (χ0) is 17.7. The van der Waals surface area contributed by atoms with Crippen molar-refractivity contribution in [3.05, 3.63) is 70.2 Å². The molecule has 0 aromatic heterocycles. The summed E-state index contributed by atoms with van der Waals surface area (Å²) in [5.41, 5.74) is 0.722. The molecular weight excluding hydrogens is 362 g/mol. The molecule has 128 valence electrons. The number of alkyl halides is 4. The van der Waals surface area contributed by atoms with E-state index in [1.54, 1.807) is 24.3 Å². The van der Waals surface area contributed by atoms with Crippen molar-refractivity contribution in [3.63, 3.8) is 0 Å². The third-order valence-electron chi connectivity index (χ3n) is 3.41. The molecule has 0 saturated carbocycles. The summed E-state index contributed by atoms with van der Waals surface area (Å²) >= 11 is 11.5. The van der Waals surface area contributed by atoms with Crippen molar-refractivity contribution in [2.45, 2.75) is 19.3 Å². The lowest BCUT2D eigenvalue weighted by Gasteiger charge is -2.22. The molecule has 2 aromatic rings. The molecule has 0 aliphatic heterocycles. The fourth-order valence-electron chi connectivity index (χ4n) is 2.15. The summed E-state index contributed by atoms with van der Waals surface area (Å²) in [5, 5.41) is 0.580. The van der Waals surface area contributed by atoms with Crippen LogP contribution in [-0.4, -0.2) is 16.7 Å². The molecule has 7 heteroatoms. The Hall–Kier alpha value is -1.72. The number of benzene rings is 2. The van der Waals surface area contributed by atoms with Gasteiger partial charge in [0.05, 0.1) is 5.56 Å². The number of rotatable bonds is 5. The predicted molar refractivity (Wildman–Crippen MR) is 87.9 cm³/mol. The Morgan fingerprint density at radius 3 is 1.79 bits per heavy atom. The molecule has 24 heavy (non-hydrogen) atoms. The average molecular weight is 376 g/mol. The number of amides is 1. The number of halogens is 5. The second-order valence-electron chi connectivity index (χ2n) is 5.20. The Labute approximate surface area is 147 Å². The molecule has 0 spiro atoms. The Balaban J connectivity index is 2.14. The normalized spacial score (nSPS) is 11.4. The topological polar surface area (TPSA) is 20.3 Å². The fraction of sp³-hybridized carbons (Fsp3) is 0.235. The van der Waals surface area contributed by atoms with Gasteiger partial charge < -0.3 is 4.90 Å². The highest BCUT2D eigenvalue weighted by Gasteiger charge is 2.30. The number of carbonyl (C=O) groups is 1. The Bertz CT molecular complexity index is 684. The van der Waals surface area contributed by atoms with Gasteiger partial charge in [0.1, 0.15) is 5.88 Å². The van der Waals surface area contributed by atoms with E-state index < -0.39 is 11.7 Å². The number of hydrogen-bond donors (Lipinski definition) is 0. The zero-order valence-corrected chi connectivity index (χ0v) is 14.0. The number of hydrogen-bond acceptors (Lipinski definition) is 1. The van der Waals surface area contributed by atoms with Crippen LogP contribution in [0.25, 0.3) is 0 Å². The van der Waals surface area contributed by atoms with Crippen LogP contribution in [-0.2, 0) is 24.1 Å². The molecule has 0 radical (unpaired) electrons. The summed E-state index contributed by atoms with van der Waals surface area (Å²) in [4.78, 5) is 13.5. The first-order valence-corrected chi connectivity index (χ1v) is 7.95. The molecule has 2 nitrogen and oxygen atoms in total. The first kappa shape index (κ1) is 18.6. The summed E-state index contributed by atoms with van der Waals surface area (Å²) in [7, 11) is 0. The van der Waals surface area contributed by atoms with Gasteiger partial charge in [-0.3, -0.25) is 4.79 Å². The van der Waals surface area contributed by atoms with Gasteiger partial charge in [-0.25, -0.2) is 0 Å². The van der Waals surface area contributed by atoms with Crippen LogP contribution in [0.1, 0.15) is 16.7 Å². The van der Waals surface area contributed by atoms with Crippen LogP contribution in [0.4, 0.5) is 13.2 Å². The van der Waals surface area contributed by atoms with Crippen molar-refractivity contribution in [3.8, 4) is 0 Å². The lowest BCUT2D eigenvalue weighted by molar-refractivity contribution is -0.137. The molecule has 2 aromatic carbocycles. The number of carbonyl (C=O) groups excluding carboxylic acids is 1. The average Bonchev–Trinajstić information content (AvgIpc) is 2.55. The lowest BCUT2D eigenvalue weighted by atomic mass is 10.1. The van der Waals surface area contributed by atoms with Gasteiger partial charge in [-0.1, -0.05) is 35.9 Å². The standard InChI is InChI=1S/C17H14Cl2F3NO/c18-9-16(24)23(11-13-3-7-15(19)8-4-13)10-12-1-5-14(6-2-12)17(20,21)22/h1-8H,9-11H2. The second-order valence-corrected chi connectivity index (χ2v) is 5.91. The zero-order valence-electron chi connectivity index (χ0n) is 12.5. The van der Waals surface area contributed by atoms with Crippen LogP contribution < -0.4 is 0 Å². The second kappa shape index (κ2) is 7.90. The maximum atomic E-state index is 12.6. The fourth-order valence-corrected chi connectivity index (χ4v) is 2.44. The van der Waals surface area contributed by atoms with Crippen LogP contribution in [0.15, 0.2) is 48.5 Å². The van der Waals surface area contributed by atoms with E-state index in [1.165, 1.54) is 17.0 Å². The van der Waals surface area contributed by atoms with E-state index in [2.05, 4.69) is 0 Å². The van der Waals surface area contributed by atoms with Crippen molar-refractivity contribution in [1.29, 1.82) is 0 Å². The van der Waals surface area contributed by atoms with Crippen molar-refractivity contribution in [2.75, 3.05) is 5.88 Å². The monoisotopic (exact) mass is 375 g/mol. The molecule has 0 N–H and O–H groups in total. The first-order chi connectivity index (χ1) is 11.3. The van der Waals surface area contributed by atoms with E-state index in [1.807, 2.05) is 0 Å². The largest absolute Gasteiger partial charge is 0.416 e. The molecule has 1 amide bonds. The van der Waals surface area contributed by atoms with Crippen molar-refractivity contribution in [1.82, 2.24) is 4.90 Å². The smallest absolute Gasteiger partial charge is 0.333 e. The first-order valence-electron chi connectivity index (χ1n) is 7.04. The van der Waals surface area contributed by atoms with E-state index in [0.29, 0.717) is 17.1 Å². The van der Waals surface area contributed by atoms with Crippen LogP contribution >= 0.6 is 23.2 Å². The highest BCUT2D eigenvalue weighted by atomic mass is 35.5. The maximum absolute atomic E-state index is 12.6. The summed E-state index contributed by atoms with van der Waals surface area (Å²) in [6.45, 7) is 0.468. The Morgan fingerprint density at radius 1 is 0.917 bits per heavy atom. The van der Waals surface area contributed by atoms with Gasteiger partial charge in [-0.15, -0.1) is 11.6 Å². The van der Waals surface area contributed by atoms with Gasteiger partial charge >= 0.3 is 6.18 Å². The van der Waals surface area contributed by atoms with E-state index >= 15 is 0 Å². The predicted octanol–water partition coefficient (Wildman–Crippen LogP) is 5.13. The Kier molecular flexibility index (Phi) is 6.13. The molecule has 0 fully saturated rings. The van der Waals surface area contributed by atoms with Gasteiger partial charge in [0, 0.05) is 18.1 Å². The van der Waals surface area contributed by atoms with Crippen LogP contribution in [0.2, 0.25) is 5.02 Å². The molecule has 0 saturated heterocycles. The maximum Gasteiger partial charge on any atom is 0.416 e. The van der Waals surface area contributed by atoms with E-state index in [4.69, 9.17) is 23.2 Å². The quantitative estimate of drug-likeness (QED) is 0.663. The van der Waals surface area contributed by atoms with Crippen molar-refractivity contribution < 1.29 is 18.0 Å². The third kappa shape index (κ3) is 5.14. The van der Waals surface area contributed by atoms with Crippen molar-refractivity contribution >= 4 is 29.1 Å². The molecule has 0 atom stereocenters. The number of nitrogens with zero attached hydrogens (tertiary/aromatic N) is 1. The van der Waals surface area contributed by atoms with Gasteiger partial charge in [0.25, 0.3) is 0 Å². The summed E-state index contributed by atoms with van der Waals surface area (Å²) in [6.07, 6.45) is -4.38. The molecule has 0 aliphatic rings. The van der Waals surface area contributed by atoms with Gasteiger partial charge in [0.2, 0.25) is 5.91 Å². The minimum atomic E-state index is -4.38. The van der Waals surface area contributed by atoms with Crippen LogP contribution in [0, 0.1) is 0 Å². The molecule has 0 bridgehead atoms. The van der Waals surface area contributed by atoms with E-state index in [0.717, 1.165) is 17.7 Å². The Morgan fingerprint density at radius 2 is 1.38 bits per heavy atom. The summed E-state index contributed by atoms with van der Waals surface area (Å²) in [6, 6.07) is 11.7. The third-order valence-corrected chi connectivity index (χ3v) is 3.89. The minimum absolute atomic E-state index is 0.173. The lowest BCUT2D eigenvalue weighted by Crippen LogP contribution is -2.31. The molecular formula is C17H14Cl2F3NO. The van der Waals surface area contributed by atoms with Gasteiger partial charge in [-0.2, -0.15) is 13.2 Å².